The summed E-state index contributed by atoms with van der Waals surface area (Å²) in [4.78, 5) is 26.2. The maximum absolute atomic E-state index is 12.5. The summed E-state index contributed by atoms with van der Waals surface area (Å²) in [6.07, 6.45) is 0.665. The minimum absolute atomic E-state index is 0.0152. The molecule has 0 spiro atoms. The van der Waals surface area contributed by atoms with Crippen molar-refractivity contribution in [2.75, 3.05) is 18.1 Å². The number of fused-ring (bicyclic) bond motifs is 1. The second-order valence-electron chi connectivity index (χ2n) is 5.65. The Bertz CT molecular complexity index is 725. The van der Waals surface area contributed by atoms with Crippen molar-refractivity contribution in [3.63, 3.8) is 0 Å². The topological polar surface area (TPSA) is 46.6 Å². The van der Waals surface area contributed by atoms with E-state index in [1.165, 1.54) is 0 Å². The number of ketones is 1. The van der Waals surface area contributed by atoms with Crippen LogP contribution in [-0.4, -0.2) is 24.8 Å². The Labute approximate surface area is 135 Å². The fraction of sp³-hybridized carbons (Fsp3) is 0.263. The normalized spacial score (nSPS) is 13.6. The Kier molecular flexibility index (Phi) is 4.42. The molecule has 4 nitrogen and oxygen atoms in total. The molecule has 0 fully saturated rings. The molecular weight excluding hydrogens is 290 g/mol. The van der Waals surface area contributed by atoms with Crippen LogP contribution in [0.25, 0.3) is 0 Å². The SMILES string of the molecule is Cc1ccc2c(c1)C(=O)CCN2C(=O)CCOc1ccccc1. The third-order valence-electron chi connectivity index (χ3n) is 3.93. The monoisotopic (exact) mass is 309 g/mol. The second kappa shape index (κ2) is 6.65. The van der Waals surface area contributed by atoms with Crippen LogP contribution in [0.1, 0.15) is 28.8 Å². The number of aryl methyl sites for hydroxylation is 1. The number of carbonyl (C=O) groups is 2. The van der Waals surface area contributed by atoms with Crippen molar-refractivity contribution in [2.45, 2.75) is 19.8 Å². The third kappa shape index (κ3) is 3.42. The van der Waals surface area contributed by atoms with Crippen molar-refractivity contribution in [3.8, 4) is 5.75 Å². The number of rotatable bonds is 4. The number of para-hydroxylation sites is 1. The first kappa shape index (κ1) is 15.3. The summed E-state index contributed by atoms with van der Waals surface area (Å²) in [7, 11) is 0. The van der Waals surface area contributed by atoms with E-state index in [1.54, 1.807) is 4.90 Å². The van der Waals surface area contributed by atoms with Crippen LogP contribution in [0.2, 0.25) is 0 Å². The first-order valence-electron chi connectivity index (χ1n) is 7.77. The first-order chi connectivity index (χ1) is 11.1. The van der Waals surface area contributed by atoms with Crippen molar-refractivity contribution in [1.82, 2.24) is 0 Å². The van der Waals surface area contributed by atoms with Crippen LogP contribution >= 0.6 is 0 Å². The lowest BCUT2D eigenvalue weighted by atomic mass is 9.98. The van der Waals surface area contributed by atoms with E-state index >= 15 is 0 Å². The van der Waals surface area contributed by atoms with E-state index in [-0.39, 0.29) is 18.1 Å². The molecule has 0 atom stereocenters. The van der Waals surface area contributed by atoms with E-state index in [4.69, 9.17) is 4.74 Å². The zero-order valence-electron chi connectivity index (χ0n) is 13.1. The highest BCUT2D eigenvalue weighted by atomic mass is 16.5. The van der Waals surface area contributed by atoms with E-state index in [1.807, 2.05) is 55.5 Å². The number of amides is 1. The number of hydrogen-bond acceptors (Lipinski definition) is 3. The number of benzene rings is 2. The number of ether oxygens (including phenoxy) is 1. The van der Waals surface area contributed by atoms with Gasteiger partial charge in [0, 0.05) is 18.5 Å². The van der Waals surface area contributed by atoms with Gasteiger partial charge >= 0.3 is 0 Å². The molecule has 0 saturated carbocycles. The second-order valence-corrected chi connectivity index (χ2v) is 5.65. The predicted molar refractivity (Wildman–Crippen MR) is 89.0 cm³/mol. The maximum Gasteiger partial charge on any atom is 0.230 e. The molecule has 0 saturated heterocycles. The van der Waals surface area contributed by atoms with E-state index in [0.717, 1.165) is 17.0 Å². The number of carbonyl (C=O) groups excluding carboxylic acids is 2. The number of hydrogen-bond donors (Lipinski definition) is 0. The summed E-state index contributed by atoms with van der Waals surface area (Å²) >= 11 is 0. The molecule has 0 radical (unpaired) electrons. The van der Waals surface area contributed by atoms with Crippen molar-refractivity contribution >= 4 is 17.4 Å². The van der Waals surface area contributed by atoms with Gasteiger partial charge in [0.2, 0.25) is 5.91 Å². The summed E-state index contributed by atoms with van der Waals surface area (Å²) in [5, 5.41) is 0. The van der Waals surface area contributed by atoms with Crippen LogP contribution < -0.4 is 9.64 Å². The average molecular weight is 309 g/mol. The molecule has 118 valence electrons. The molecular formula is C19H19NO3. The molecule has 1 heterocycles. The molecule has 0 aromatic heterocycles. The lowest BCUT2D eigenvalue weighted by molar-refractivity contribution is -0.119. The van der Waals surface area contributed by atoms with Gasteiger partial charge in [0.1, 0.15) is 5.75 Å². The molecule has 0 aliphatic carbocycles. The quantitative estimate of drug-likeness (QED) is 0.870. The van der Waals surface area contributed by atoms with E-state index < -0.39 is 0 Å². The number of anilines is 1. The van der Waals surface area contributed by atoms with Crippen LogP contribution in [0.4, 0.5) is 5.69 Å². The smallest absolute Gasteiger partial charge is 0.230 e. The molecule has 4 heteroatoms. The minimum Gasteiger partial charge on any atom is -0.493 e. The third-order valence-corrected chi connectivity index (χ3v) is 3.93. The molecule has 23 heavy (non-hydrogen) atoms. The van der Waals surface area contributed by atoms with Gasteiger partial charge in [-0.05, 0) is 31.2 Å². The average Bonchev–Trinajstić information content (AvgIpc) is 2.56. The molecule has 2 aromatic carbocycles. The van der Waals surface area contributed by atoms with Gasteiger partial charge in [0.25, 0.3) is 0 Å². The molecule has 1 aliphatic rings. The highest BCUT2D eigenvalue weighted by Crippen LogP contribution is 2.28. The summed E-state index contributed by atoms with van der Waals surface area (Å²) < 4.78 is 5.58. The molecule has 2 aromatic rings. The van der Waals surface area contributed by atoms with Gasteiger partial charge in [-0.2, -0.15) is 0 Å². The zero-order valence-corrected chi connectivity index (χ0v) is 13.1. The fourth-order valence-corrected chi connectivity index (χ4v) is 2.74. The van der Waals surface area contributed by atoms with Crippen LogP contribution in [0.15, 0.2) is 48.5 Å². The first-order valence-corrected chi connectivity index (χ1v) is 7.77. The summed E-state index contributed by atoms with van der Waals surface area (Å²) in [5.41, 5.74) is 2.39. The van der Waals surface area contributed by atoms with Crippen molar-refractivity contribution < 1.29 is 14.3 Å². The van der Waals surface area contributed by atoms with Gasteiger partial charge in [-0.15, -0.1) is 0 Å². The van der Waals surface area contributed by atoms with Crippen molar-refractivity contribution in [3.05, 3.63) is 59.7 Å². The molecule has 0 unspecified atom stereocenters. The largest absolute Gasteiger partial charge is 0.493 e. The van der Waals surface area contributed by atoms with Crippen molar-refractivity contribution in [1.29, 1.82) is 0 Å². The molecule has 0 N–H and O–H groups in total. The van der Waals surface area contributed by atoms with Crippen LogP contribution in [0, 0.1) is 6.92 Å². The summed E-state index contributed by atoms with van der Waals surface area (Å²) in [6.45, 7) is 2.72. The Morgan fingerprint density at radius 3 is 2.74 bits per heavy atom. The van der Waals surface area contributed by atoms with Gasteiger partial charge in [-0.1, -0.05) is 29.8 Å². The maximum atomic E-state index is 12.5. The van der Waals surface area contributed by atoms with Crippen LogP contribution in [-0.2, 0) is 4.79 Å². The minimum atomic E-state index is -0.0152. The summed E-state index contributed by atoms with van der Waals surface area (Å²) in [5.74, 6) is 0.844. The van der Waals surface area contributed by atoms with Crippen molar-refractivity contribution in [2.24, 2.45) is 0 Å². The fourth-order valence-electron chi connectivity index (χ4n) is 2.74. The van der Waals surface area contributed by atoms with Gasteiger partial charge in [0.15, 0.2) is 5.78 Å². The lowest BCUT2D eigenvalue weighted by Gasteiger charge is -2.29. The standard InChI is InChI=1S/C19H19NO3/c1-14-7-8-17-16(13-14)18(21)9-11-20(17)19(22)10-12-23-15-5-3-2-4-6-15/h2-8,13H,9-12H2,1H3. The zero-order chi connectivity index (χ0) is 16.2. The molecule has 3 rings (SSSR count). The highest BCUT2D eigenvalue weighted by molar-refractivity contribution is 6.08. The molecule has 1 aliphatic heterocycles. The van der Waals surface area contributed by atoms with Crippen LogP contribution in [0.3, 0.4) is 0 Å². The van der Waals surface area contributed by atoms with Gasteiger partial charge < -0.3 is 9.64 Å². The lowest BCUT2D eigenvalue weighted by Crippen LogP contribution is -2.38. The summed E-state index contributed by atoms with van der Waals surface area (Å²) in [6, 6.07) is 15.1. The molecule has 0 bridgehead atoms. The van der Waals surface area contributed by atoms with Crippen LogP contribution in [0.5, 0.6) is 5.75 Å². The Morgan fingerprint density at radius 2 is 1.96 bits per heavy atom. The van der Waals surface area contributed by atoms with Gasteiger partial charge in [0.05, 0.1) is 18.7 Å². The predicted octanol–water partition coefficient (Wildman–Crippen LogP) is 3.38. The van der Waals surface area contributed by atoms with Gasteiger partial charge in [-0.3, -0.25) is 9.59 Å². The Morgan fingerprint density at radius 1 is 1.17 bits per heavy atom. The number of Topliss-reactive ketones (excluding diaryl/α,β-unsaturated/α-hetero) is 1. The Balaban J connectivity index is 1.66. The van der Waals surface area contributed by atoms with E-state index in [2.05, 4.69) is 0 Å². The van der Waals surface area contributed by atoms with Gasteiger partial charge in [-0.25, -0.2) is 0 Å². The Hall–Kier alpha value is -2.62. The highest BCUT2D eigenvalue weighted by Gasteiger charge is 2.26. The van der Waals surface area contributed by atoms with E-state index in [9.17, 15) is 9.59 Å². The molecule has 1 amide bonds. The van der Waals surface area contributed by atoms with E-state index in [0.29, 0.717) is 25.1 Å². The number of nitrogens with zero attached hydrogens (tertiary/aromatic N) is 1.